The maximum atomic E-state index is 11.3. The second kappa shape index (κ2) is 13.2. The molecule has 7 rings (SSSR count). The van der Waals surface area contributed by atoms with E-state index in [-0.39, 0.29) is 17.2 Å². The van der Waals surface area contributed by atoms with Crippen LogP contribution in [0.4, 0.5) is 0 Å². The summed E-state index contributed by atoms with van der Waals surface area (Å²) in [5, 5.41) is 11.3. The van der Waals surface area contributed by atoms with Gasteiger partial charge in [-0.3, -0.25) is 0 Å². The second-order valence-electron chi connectivity index (χ2n) is 10.6. The summed E-state index contributed by atoms with van der Waals surface area (Å²) in [5.41, 5.74) is 5.67. The van der Waals surface area contributed by atoms with Crippen molar-refractivity contribution in [2.45, 2.75) is 0 Å². The van der Waals surface area contributed by atoms with Crippen LogP contribution < -0.4 is 14.2 Å². The SMILES string of the molecule is Oc1ccc(Oc2ccccc2-c2ccccc2)c(Oc2ccccc2-c2ccccc2)c1Oc1ccccc1-c1ccccc1. The summed E-state index contributed by atoms with van der Waals surface area (Å²) in [6, 6.07) is 56.7. The molecule has 0 spiro atoms. The van der Waals surface area contributed by atoms with Gasteiger partial charge in [0.1, 0.15) is 17.2 Å². The summed E-state index contributed by atoms with van der Waals surface area (Å²) in [5.74, 6) is 2.47. The van der Waals surface area contributed by atoms with Crippen molar-refractivity contribution in [3.05, 3.63) is 176 Å². The van der Waals surface area contributed by atoms with Gasteiger partial charge in [-0.05, 0) is 47.0 Å². The Kier molecular flexibility index (Phi) is 8.16. The lowest BCUT2D eigenvalue weighted by Gasteiger charge is -2.20. The highest BCUT2D eigenvalue weighted by molar-refractivity contribution is 5.75. The van der Waals surface area contributed by atoms with E-state index in [9.17, 15) is 5.11 Å². The second-order valence-corrected chi connectivity index (χ2v) is 10.6. The predicted molar refractivity (Wildman–Crippen MR) is 184 cm³/mol. The van der Waals surface area contributed by atoms with Crippen LogP contribution in [-0.4, -0.2) is 5.11 Å². The molecule has 0 aliphatic carbocycles. The van der Waals surface area contributed by atoms with E-state index in [1.165, 1.54) is 0 Å². The fraction of sp³-hybridized carbons (Fsp3) is 0. The minimum atomic E-state index is -0.0845. The van der Waals surface area contributed by atoms with Crippen LogP contribution in [0.2, 0.25) is 0 Å². The number of phenolic OH excluding ortho intramolecular Hbond substituents is 1. The van der Waals surface area contributed by atoms with E-state index in [4.69, 9.17) is 14.2 Å². The van der Waals surface area contributed by atoms with E-state index in [1.54, 1.807) is 12.1 Å². The third kappa shape index (κ3) is 6.05. The summed E-state index contributed by atoms with van der Waals surface area (Å²) in [7, 11) is 0. The standard InChI is InChI=1S/C42H30O4/c43-36-28-29-40(44-37-25-13-10-22-33(37)30-16-4-1-5-17-30)42(46-39-27-15-12-24-35(39)32-20-8-3-9-21-32)41(36)45-38-26-14-11-23-34(38)31-18-6-2-7-19-31/h1-29,43H. The topological polar surface area (TPSA) is 47.9 Å². The van der Waals surface area contributed by atoms with Crippen LogP contribution in [0.25, 0.3) is 33.4 Å². The third-order valence-corrected chi connectivity index (χ3v) is 7.61. The first kappa shape index (κ1) is 28.5. The molecule has 0 saturated carbocycles. The van der Waals surface area contributed by atoms with E-state index in [0.29, 0.717) is 23.0 Å². The molecule has 7 aromatic carbocycles. The first-order valence-corrected chi connectivity index (χ1v) is 15.1. The highest BCUT2D eigenvalue weighted by Gasteiger charge is 2.23. The van der Waals surface area contributed by atoms with Gasteiger partial charge in [0.05, 0.1) is 0 Å². The number of phenols is 1. The van der Waals surface area contributed by atoms with Gasteiger partial charge in [-0.25, -0.2) is 0 Å². The Morgan fingerprint density at radius 3 is 1.07 bits per heavy atom. The van der Waals surface area contributed by atoms with Gasteiger partial charge in [-0.15, -0.1) is 0 Å². The number of rotatable bonds is 9. The monoisotopic (exact) mass is 598 g/mol. The summed E-state index contributed by atoms with van der Waals surface area (Å²) in [6.07, 6.45) is 0. The number of hydrogen-bond acceptors (Lipinski definition) is 4. The molecular formula is C42H30O4. The summed E-state index contributed by atoms with van der Waals surface area (Å²) >= 11 is 0. The van der Waals surface area contributed by atoms with E-state index in [0.717, 1.165) is 33.4 Å². The van der Waals surface area contributed by atoms with Crippen LogP contribution in [0.5, 0.6) is 40.2 Å². The Bertz CT molecular complexity index is 2070. The Balaban J connectivity index is 1.37. The van der Waals surface area contributed by atoms with Crippen LogP contribution in [0.15, 0.2) is 176 Å². The minimum absolute atomic E-state index is 0.0845. The molecule has 222 valence electrons. The molecule has 1 N–H and O–H groups in total. The van der Waals surface area contributed by atoms with Gasteiger partial charge in [-0.2, -0.15) is 0 Å². The van der Waals surface area contributed by atoms with Crippen molar-refractivity contribution >= 4 is 0 Å². The van der Waals surface area contributed by atoms with Crippen molar-refractivity contribution in [2.75, 3.05) is 0 Å². The third-order valence-electron chi connectivity index (χ3n) is 7.61. The normalized spacial score (nSPS) is 10.7. The molecule has 0 radical (unpaired) electrons. The summed E-state index contributed by atoms with van der Waals surface area (Å²) < 4.78 is 20.0. The molecule has 4 nitrogen and oxygen atoms in total. The van der Waals surface area contributed by atoms with Crippen molar-refractivity contribution in [2.24, 2.45) is 0 Å². The molecule has 7 aromatic rings. The van der Waals surface area contributed by atoms with E-state index < -0.39 is 0 Å². The first-order valence-electron chi connectivity index (χ1n) is 15.1. The maximum Gasteiger partial charge on any atom is 0.216 e. The average Bonchev–Trinajstić information content (AvgIpc) is 3.12. The number of hydrogen-bond donors (Lipinski definition) is 1. The quantitative estimate of drug-likeness (QED) is 0.180. The van der Waals surface area contributed by atoms with Crippen molar-refractivity contribution in [3.63, 3.8) is 0 Å². The van der Waals surface area contributed by atoms with Crippen LogP contribution in [0.3, 0.4) is 0 Å². The van der Waals surface area contributed by atoms with Gasteiger partial charge >= 0.3 is 0 Å². The minimum Gasteiger partial charge on any atom is -0.504 e. The van der Waals surface area contributed by atoms with Gasteiger partial charge < -0.3 is 19.3 Å². The zero-order chi connectivity index (χ0) is 31.1. The summed E-state index contributed by atoms with van der Waals surface area (Å²) in [4.78, 5) is 0. The number of benzene rings is 7. The van der Waals surface area contributed by atoms with Gasteiger partial charge in [0.2, 0.25) is 11.5 Å². The lowest BCUT2D eigenvalue weighted by Crippen LogP contribution is -1.98. The number of ether oxygens (including phenoxy) is 3. The molecule has 0 amide bonds. The number of para-hydroxylation sites is 3. The molecule has 0 bridgehead atoms. The molecule has 46 heavy (non-hydrogen) atoms. The molecule has 0 atom stereocenters. The van der Waals surface area contributed by atoms with Crippen LogP contribution in [0.1, 0.15) is 0 Å². The van der Waals surface area contributed by atoms with Crippen molar-refractivity contribution in [1.29, 1.82) is 0 Å². The predicted octanol–water partition coefficient (Wildman–Crippen LogP) is 11.8. The van der Waals surface area contributed by atoms with E-state index in [2.05, 4.69) is 0 Å². The van der Waals surface area contributed by atoms with E-state index in [1.807, 2.05) is 164 Å². The Morgan fingerprint density at radius 2 is 0.630 bits per heavy atom. The van der Waals surface area contributed by atoms with Crippen LogP contribution in [-0.2, 0) is 0 Å². The first-order chi connectivity index (χ1) is 22.7. The molecule has 0 saturated heterocycles. The molecule has 0 fully saturated rings. The molecule has 0 aliphatic heterocycles. The largest absolute Gasteiger partial charge is 0.504 e. The van der Waals surface area contributed by atoms with Gasteiger partial charge in [-0.1, -0.05) is 146 Å². The van der Waals surface area contributed by atoms with Gasteiger partial charge in [0, 0.05) is 16.7 Å². The van der Waals surface area contributed by atoms with Crippen molar-refractivity contribution < 1.29 is 19.3 Å². The Morgan fingerprint density at radius 1 is 0.283 bits per heavy atom. The van der Waals surface area contributed by atoms with Gasteiger partial charge in [0.25, 0.3) is 0 Å². The lowest BCUT2D eigenvalue weighted by atomic mass is 10.0. The van der Waals surface area contributed by atoms with Crippen molar-refractivity contribution in [3.8, 4) is 73.6 Å². The maximum absolute atomic E-state index is 11.3. The molecule has 0 heterocycles. The molecule has 4 heteroatoms. The Hall–Kier alpha value is -6.26. The Labute approximate surface area is 268 Å². The average molecular weight is 599 g/mol. The van der Waals surface area contributed by atoms with E-state index >= 15 is 0 Å². The summed E-state index contributed by atoms with van der Waals surface area (Å²) in [6.45, 7) is 0. The fourth-order valence-electron chi connectivity index (χ4n) is 5.38. The highest BCUT2D eigenvalue weighted by Crippen LogP contribution is 2.51. The highest BCUT2D eigenvalue weighted by atomic mass is 16.5. The van der Waals surface area contributed by atoms with Crippen LogP contribution >= 0.6 is 0 Å². The number of aromatic hydroxyl groups is 1. The molecular weight excluding hydrogens is 568 g/mol. The molecule has 0 unspecified atom stereocenters. The lowest BCUT2D eigenvalue weighted by molar-refractivity contribution is 0.364. The van der Waals surface area contributed by atoms with Crippen molar-refractivity contribution in [1.82, 2.24) is 0 Å². The van der Waals surface area contributed by atoms with Gasteiger partial charge in [0.15, 0.2) is 11.5 Å². The fourth-order valence-corrected chi connectivity index (χ4v) is 5.38. The zero-order valence-corrected chi connectivity index (χ0v) is 24.9. The zero-order valence-electron chi connectivity index (χ0n) is 24.9. The van der Waals surface area contributed by atoms with Crippen LogP contribution in [0, 0.1) is 0 Å². The molecule has 0 aromatic heterocycles. The molecule has 0 aliphatic rings. The smallest absolute Gasteiger partial charge is 0.216 e.